The molecule has 36 heavy (non-hydrogen) atoms. The molecule has 4 aromatic rings. The highest BCUT2D eigenvalue weighted by molar-refractivity contribution is 6.03. The lowest BCUT2D eigenvalue weighted by Gasteiger charge is -2.48. The Hall–Kier alpha value is -4.16. The number of phenolic OH excluding ortho intramolecular Hbond substituents is 2. The molecule has 5 rings (SSSR count). The topological polar surface area (TPSA) is 81.0 Å². The molecule has 1 aliphatic heterocycles. The molecule has 0 saturated carbocycles. The summed E-state index contributed by atoms with van der Waals surface area (Å²) in [7, 11) is 0. The number of aromatic hydroxyl groups is 2. The van der Waals surface area contributed by atoms with E-state index in [9.17, 15) is 24.5 Å². The second-order valence-electron chi connectivity index (χ2n) is 8.98. The summed E-state index contributed by atoms with van der Waals surface area (Å²) < 4.78 is 14.7. The van der Waals surface area contributed by atoms with Crippen LogP contribution in [0.5, 0.6) is 11.5 Å². The Morgan fingerprint density at radius 2 is 1.44 bits per heavy atom. The van der Waals surface area contributed by atoms with Crippen LogP contribution in [0.25, 0.3) is 11.1 Å². The van der Waals surface area contributed by atoms with Crippen LogP contribution < -0.4 is 4.90 Å². The van der Waals surface area contributed by atoms with Crippen LogP contribution in [0.3, 0.4) is 0 Å². The standard InChI is InChI=1S/C30H26FNO4/c31-24-13-7-8-14-25(24)32-27(23(30(32)36)17-18-26(33)20-11-5-2-6-12-20)22-16-15-21(28(34)29(22)35)19-9-3-1-4-10-19/h1-16,23,26-27,33-35H,17-18H2/t23-,26+,27-/m1/s1. The normalized spacial score (nSPS) is 18.1. The summed E-state index contributed by atoms with van der Waals surface area (Å²) in [6.07, 6.45) is -0.119. The zero-order valence-corrected chi connectivity index (χ0v) is 19.5. The SMILES string of the molecule is O=C1[C@H](CC[C@H](O)c2ccccc2)[C@@H](c2ccc(-c3ccccc3)c(O)c2O)N1c1ccccc1F. The van der Waals surface area contributed by atoms with Crippen molar-refractivity contribution in [2.45, 2.75) is 25.0 Å². The van der Waals surface area contributed by atoms with Crippen molar-refractivity contribution >= 4 is 11.6 Å². The van der Waals surface area contributed by atoms with Gasteiger partial charge in [-0.1, -0.05) is 84.9 Å². The first-order valence-corrected chi connectivity index (χ1v) is 11.9. The smallest absolute Gasteiger partial charge is 0.233 e. The van der Waals surface area contributed by atoms with E-state index in [1.165, 1.54) is 17.0 Å². The maximum absolute atomic E-state index is 14.7. The van der Waals surface area contributed by atoms with Crippen LogP contribution in [-0.4, -0.2) is 21.2 Å². The summed E-state index contributed by atoms with van der Waals surface area (Å²) in [5.74, 6) is -2.09. The average molecular weight is 484 g/mol. The van der Waals surface area contributed by atoms with Gasteiger partial charge in [-0.25, -0.2) is 4.39 Å². The molecular formula is C30H26FNO4. The molecule has 1 fully saturated rings. The van der Waals surface area contributed by atoms with E-state index in [2.05, 4.69) is 0 Å². The quantitative estimate of drug-likeness (QED) is 0.218. The van der Waals surface area contributed by atoms with Crippen LogP contribution in [0.1, 0.15) is 36.1 Å². The second kappa shape index (κ2) is 9.84. The Bertz CT molecular complexity index is 1380. The Morgan fingerprint density at radius 3 is 2.14 bits per heavy atom. The van der Waals surface area contributed by atoms with Crippen LogP contribution in [0.4, 0.5) is 10.1 Å². The molecular weight excluding hydrogens is 457 g/mol. The summed E-state index contributed by atoms with van der Waals surface area (Å²) in [4.78, 5) is 14.6. The van der Waals surface area contributed by atoms with Gasteiger partial charge < -0.3 is 20.2 Å². The Balaban J connectivity index is 1.49. The number of β-lactam (4-membered cyclic amide) rings is 1. The van der Waals surface area contributed by atoms with Crippen LogP contribution in [0, 0.1) is 11.7 Å². The molecule has 0 bridgehead atoms. The number of amides is 1. The number of hydrogen-bond donors (Lipinski definition) is 3. The molecule has 0 aromatic heterocycles. The fraction of sp³-hybridized carbons (Fsp3) is 0.167. The molecule has 0 radical (unpaired) electrons. The fourth-order valence-electron chi connectivity index (χ4n) is 4.97. The van der Waals surface area contributed by atoms with E-state index >= 15 is 0 Å². The third-order valence-electron chi connectivity index (χ3n) is 6.85. The van der Waals surface area contributed by atoms with Crippen molar-refractivity contribution in [3.8, 4) is 22.6 Å². The van der Waals surface area contributed by atoms with Crippen molar-refractivity contribution in [3.63, 3.8) is 0 Å². The second-order valence-corrected chi connectivity index (χ2v) is 8.98. The first-order chi connectivity index (χ1) is 17.5. The largest absolute Gasteiger partial charge is 0.504 e. The number of hydrogen-bond acceptors (Lipinski definition) is 4. The molecule has 0 unspecified atom stereocenters. The van der Waals surface area contributed by atoms with Crippen LogP contribution >= 0.6 is 0 Å². The van der Waals surface area contributed by atoms with Crippen molar-refractivity contribution < 1.29 is 24.5 Å². The van der Waals surface area contributed by atoms with E-state index in [1.54, 1.807) is 24.3 Å². The number of phenols is 2. The number of para-hydroxylation sites is 1. The van der Waals surface area contributed by atoms with Gasteiger partial charge in [0.2, 0.25) is 5.91 Å². The molecule has 1 amide bonds. The van der Waals surface area contributed by atoms with Crippen molar-refractivity contribution in [1.29, 1.82) is 0 Å². The third-order valence-corrected chi connectivity index (χ3v) is 6.85. The Morgan fingerprint density at radius 1 is 0.806 bits per heavy atom. The first-order valence-electron chi connectivity index (χ1n) is 11.9. The number of carbonyl (C=O) groups excluding carboxylic acids is 1. The maximum atomic E-state index is 14.7. The number of anilines is 1. The molecule has 1 aliphatic rings. The van der Waals surface area contributed by atoms with Crippen molar-refractivity contribution in [1.82, 2.24) is 0 Å². The Kier molecular flexibility index (Phi) is 6.44. The van der Waals surface area contributed by atoms with Gasteiger partial charge >= 0.3 is 0 Å². The van der Waals surface area contributed by atoms with Crippen LogP contribution in [-0.2, 0) is 4.79 Å². The van der Waals surface area contributed by atoms with Gasteiger partial charge in [0.15, 0.2) is 11.5 Å². The lowest BCUT2D eigenvalue weighted by atomic mass is 9.77. The lowest BCUT2D eigenvalue weighted by molar-refractivity contribution is -0.131. The minimum Gasteiger partial charge on any atom is -0.504 e. The molecule has 182 valence electrons. The Labute approximate surface area is 208 Å². The first kappa shape index (κ1) is 23.6. The minimum atomic E-state index is -0.760. The number of aliphatic hydroxyl groups is 1. The molecule has 0 aliphatic carbocycles. The number of halogens is 1. The summed E-state index contributed by atoms with van der Waals surface area (Å²) >= 11 is 0. The van der Waals surface area contributed by atoms with E-state index in [0.29, 0.717) is 24.0 Å². The predicted molar refractivity (Wildman–Crippen MR) is 136 cm³/mol. The summed E-state index contributed by atoms with van der Waals surface area (Å²) in [5, 5.41) is 32.5. The van der Waals surface area contributed by atoms with Crippen LogP contribution in [0.2, 0.25) is 0 Å². The van der Waals surface area contributed by atoms with E-state index in [0.717, 1.165) is 11.1 Å². The lowest BCUT2D eigenvalue weighted by Crippen LogP contribution is -2.55. The van der Waals surface area contributed by atoms with E-state index < -0.39 is 23.9 Å². The average Bonchev–Trinajstić information content (AvgIpc) is 2.91. The number of nitrogens with zero attached hydrogens (tertiary/aromatic N) is 1. The monoisotopic (exact) mass is 483 g/mol. The van der Waals surface area contributed by atoms with E-state index in [1.807, 2.05) is 60.7 Å². The number of benzene rings is 4. The van der Waals surface area contributed by atoms with Crippen LogP contribution in [0.15, 0.2) is 97.1 Å². The number of aliphatic hydroxyl groups excluding tert-OH is 1. The van der Waals surface area contributed by atoms with Crippen molar-refractivity contribution in [2.24, 2.45) is 5.92 Å². The summed E-state index contributed by atoms with van der Waals surface area (Å²) in [6.45, 7) is 0. The third kappa shape index (κ3) is 4.20. The molecule has 1 heterocycles. The molecule has 1 saturated heterocycles. The molecule has 3 atom stereocenters. The van der Waals surface area contributed by atoms with Gasteiger partial charge in [0, 0.05) is 11.1 Å². The summed E-state index contributed by atoms with van der Waals surface area (Å²) in [5.41, 5.74) is 2.37. The zero-order valence-electron chi connectivity index (χ0n) is 19.5. The van der Waals surface area contributed by atoms with Gasteiger partial charge in [-0.05, 0) is 36.1 Å². The minimum absolute atomic E-state index is 0.110. The van der Waals surface area contributed by atoms with E-state index in [-0.39, 0.29) is 23.1 Å². The van der Waals surface area contributed by atoms with Gasteiger partial charge in [0.1, 0.15) is 5.82 Å². The van der Waals surface area contributed by atoms with Gasteiger partial charge in [-0.2, -0.15) is 0 Å². The van der Waals surface area contributed by atoms with Gasteiger partial charge in [-0.15, -0.1) is 0 Å². The fourth-order valence-corrected chi connectivity index (χ4v) is 4.97. The van der Waals surface area contributed by atoms with Gasteiger partial charge in [0.05, 0.1) is 23.8 Å². The zero-order chi connectivity index (χ0) is 25.2. The van der Waals surface area contributed by atoms with Gasteiger partial charge in [0.25, 0.3) is 0 Å². The van der Waals surface area contributed by atoms with Crippen molar-refractivity contribution in [3.05, 3.63) is 114 Å². The maximum Gasteiger partial charge on any atom is 0.233 e. The molecule has 6 heteroatoms. The molecule has 5 nitrogen and oxygen atoms in total. The molecule has 0 spiro atoms. The van der Waals surface area contributed by atoms with Crippen molar-refractivity contribution in [2.75, 3.05) is 4.90 Å². The highest BCUT2D eigenvalue weighted by Gasteiger charge is 2.50. The number of rotatable bonds is 7. The van der Waals surface area contributed by atoms with E-state index in [4.69, 9.17) is 0 Å². The predicted octanol–water partition coefficient (Wildman–Crippen LogP) is 6.12. The molecule has 4 aromatic carbocycles. The summed E-state index contributed by atoms with van der Waals surface area (Å²) in [6, 6.07) is 27.0. The molecule has 3 N–H and O–H groups in total. The highest BCUT2D eigenvalue weighted by Crippen LogP contribution is 2.52. The number of carbonyl (C=O) groups is 1. The highest BCUT2D eigenvalue weighted by atomic mass is 19.1. The van der Waals surface area contributed by atoms with Gasteiger partial charge in [-0.3, -0.25) is 4.79 Å².